The molecular formula is C14H19N3O3S. The van der Waals surface area contributed by atoms with Crippen molar-refractivity contribution in [3.63, 3.8) is 0 Å². The molecule has 2 aromatic rings. The van der Waals surface area contributed by atoms with E-state index in [4.69, 9.17) is 10.3 Å². The first-order chi connectivity index (χ1) is 9.74. The summed E-state index contributed by atoms with van der Waals surface area (Å²) in [5, 5.41) is 3.80. The smallest absolute Gasteiger partial charge is 0.243 e. The van der Waals surface area contributed by atoms with Crippen LogP contribution in [-0.2, 0) is 16.6 Å². The van der Waals surface area contributed by atoms with Gasteiger partial charge in [-0.05, 0) is 44.9 Å². The number of anilines is 1. The summed E-state index contributed by atoms with van der Waals surface area (Å²) < 4.78 is 32.6. The minimum atomic E-state index is -3.70. The van der Waals surface area contributed by atoms with Crippen molar-refractivity contribution in [1.29, 1.82) is 0 Å². The van der Waals surface area contributed by atoms with Crippen LogP contribution in [0.2, 0.25) is 0 Å². The molecule has 0 aliphatic heterocycles. The number of hydrogen-bond donors (Lipinski definition) is 2. The lowest BCUT2D eigenvalue weighted by molar-refractivity contribution is 0.392. The van der Waals surface area contributed by atoms with Gasteiger partial charge in [0.05, 0.1) is 11.4 Å². The van der Waals surface area contributed by atoms with Crippen molar-refractivity contribution in [1.82, 2.24) is 9.88 Å². The van der Waals surface area contributed by atoms with E-state index in [1.54, 1.807) is 32.9 Å². The van der Waals surface area contributed by atoms with E-state index in [1.807, 2.05) is 6.92 Å². The molecule has 6 nitrogen and oxygen atoms in total. The van der Waals surface area contributed by atoms with E-state index in [0.717, 1.165) is 11.1 Å². The van der Waals surface area contributed by atoms with Crippen molar-refractivity contribution in [2.24, 2.45) is 0 Å². The number of nitrogen functional groups attached to an aromatic ring is 1. The minimum absolute atomic E-state index is 0.121. The number of sulfonamides is 1. The third-order valence-corrected chi connectivity index (χ3v) is 5.20. The second kappa shape index (κ2) is 5.50. The van der Waals surface area contributed by atoms with Crippen LogP contribution >= 0.6 is 0 Å². The number of nitrogens with zero attached hydrogens (tertiary/aromatic N) is 1. The second-order valence-corrected chi connectivity index (χ2v) is 6.76. The van der Waals surface area contributed by atoms with Crippen molar-refractivity contribution in [3.8, 4) is 0 Å². The summed E-state index contributed by atoms with van der Waals surface area (Å²) in [7, 11) is -3.70. The molecule has 0 saturated heterocycles. The standard InChI is InChI=1S/C14H19N3O3S/c1-8-5-6-13(15)14(9(8)2)21(18,19)16-7-12-10(3)17-20-11(12)4/h5-6,16H,7,15H2,1-4H3. The molecule has 0 amide bonds. The molecule has 1 heterocycles. The van der Waals surface area contributed by atoms with Crippen LogP contribution in [0.4, 0.5) is 5.69 Å². The van der Waals surface area contributed by atoms with E-state index < -0.39 is 10.0 Å². The first-order valence-electron chi connectivity index (χ1n) is 6.51. The summed E-state index contributed by atoms with van der Waals surface area (Å²) in [6, 6.07) is 3.41. The van der Waals surface area contributed by atoms with Gasteiger partial charge in [-0.15, -0.1) is 0 Å². The third kappa shape index (κ3) is 2.93. The van der Waals surface area contributed by atoms with Crippen LogP contribution in [0, 0.1) is 27.7 Å². The fraction of sp³-hybridized carbons (Fsp3) is 0.357. The topological polar surface area (TPSA) is 98.2 Å². The summed E-state index contributed by atoms with van der Waals surface area (Å²) in [5.74, 6) is 0.601. The van der Waals surface area contributed by atoms with Gasteiger partial charge in [-0.2, -0.15) is 0 Å². The van der Waals surface area contributed by atoms with Crippen molar-refractivity contribution in [3.05, 3.63) is 40.3 Å². The van der Waals surface area contributed by atoms with Crippen LogP contribution in [0.3, 0.4) is 0 Å². The molecule has 0 bridgehead atoms. The average Bonchev–Trinajstić information content (AvgIpc) is 2.71. The molecule has 0 saturated carbocycles. The van der Waals surface area contributed by atoms with Crippen LogP contribution < -0.4 is 10.5 Å². The normalized spacial score (nSPS) is 11.8. The quantitative estimate of drug-likeness (QED) is 0.841. The fourth-order valence-corrected chi connectivity index (χ4v) is 3.58. The Bertz CT molecular complexity index is 760. The average molecular weight is 309 g/mol. The van der Waals surface area contributed by atoms with Gasteiger partial charge in [-0.3, -0.25) is 0 Å². The number of hydrogen-bond acceptors (Lipinski definition) is 5. The molecule has 7 heteroatoms. The molecule has 0 aliphatic rings. The number of nitrogens with one attached hydrogen (secondary N) is 1. The molecule has 3 N–H and O–H groups in total. The van der Waals surface area contributed by atoms with Crippen molar-refractivity contribution in [2.45, 2.75) is 39.1 Å². The molecule has 1 aromatic heterocycles. The van der Waals surface area contributed by atoms with Gasteiger partial charge in [-0.1, -0.05) is 11.2 Å². The van der Waals surface area contributed by atoms with Gasteiger partial charge in [0.25, 0.3) is 0 Å². The van der Waals surface area contributed by atoms with Gasteiger partial charge in [0.1, 0.15) is 10.7 Å². The Hall–Kier alpha value is -1.86. The van der Waals surface area contributed by atoms with Gasteiger partial charge in [0.2, 0.25) is 10.0 Å². The van der Waals surface area contributed by atoms with E-state index in [1.165, 1.54) is 0 Å². The van der Waals surface area contributed by atoms with E-state index in [0.29, 0.717) is 17.0 Å². The van der Waals surface area contributed by atoms with Gasteiger partial charge in [0, 0.05) is 12.1 Å². The van der Waals surface area contributed by atoms with E-state index in [-0.39, 0.29) is 17.1 Å². The second-order valence-electron chi connectivity index (χ2n) is 5.05. The Morgan fingerprint density at radius 2 is 1.90 bits per heavy atom. The zero-order chi connectivity index (χ0) is 15.8. The summed E-state index contributed by atoms with van der Waals surface area (Å²) in [5.41, 5.74) is 9.01. The Kier molecular flexibility index (Phi) is 4.06. The number of benzene rings is 1. The molecule has 114 valence electrons. The predicted octanol–water partition coefficient (Wildman–Crippen LogP) is 1.97. The van der Waals surface area contributed by atoms with Gasteiger partial charge in [0.15, 0.2) is 0 Å². The first-order valence-corrected chi connectivity index (χ1v) is 7.99. The van der Waals surface area contributed by atoms with Crippen LogP contribution in [0.1, 0.15) is 28.1 Å². The zero-order valence-corrected chi connectivity index (χ0v) is 13.3. The van der Waals surface area contributed by atoms with Crippen LogP contribution in [0.15, 0.2) is 21.6 Å². The zero-order valence-electron chi connectivity index (χ0n) is 12.5. The van der Waals surface area contributed by atoms with E-state index in [9.17, 15) is 8.42 Å². The molecule has 0 atom stereocenters. The maximum absolute atomic E-state index is 12.5. The number of nitrogens with two attached hydrogens (primary N) is 1. The molecule has 0 radical (unpaired) electrons. The third-order valence-electron chi connectivity index (χ3n) is 3.60. The summed E-state index contributed by atoms with van der Waals surface area (Å²) >= 11 is 0. The lowest BCUT2D eigenvalue weighted by atomic mass is 10.1. The summed E-state index contributed by atoms with van der Waals surface area (Å²) in [6.45, 7) is 7.23. The first kappa shape index (κ1) is 15.5. The highest BCUT2D eigenvalue weighted by Gasteiger charge is 2.22. The highest BCUT2D eigenvalue weighted by molar-refractivity contribution is 7.89. The lowest BCUT2D eigenvalue weighted by Gasteiger charge is -2.13. The van der Waals surface area contributed by atoms with Crippen molar-refractivity contribution < 1.29 is 12.9 Å². The van der Waals surface area contributed by atoms with Crippen molar-refractivity contribution in [2.75, 3.05) is 5.73 Å². The monoisotopic (exact) mass is 309 g/mol. The highest BCUT2D eigenvalue weighted by Crippen LogP contribution is 2.25. The van der Waals surface area contributed by atoms with Gasteiger partial charge >= 0.3 is 0 Å². The molecule has 0 fully saturated rings. The molecular weight excluding hydrogens is 290 g/mol. The maximum atomic E-state index is 12.5. The van der Waals surface area contributed by atoms with Crippen LogP contribution in [0.5, 0.6) is 0 Å². The van der Waals surface area contributed by atoms with Crippen LogP contribution in [-0.4, -0.2) is 13.6 Å². The minimum Gasteiger partial charge on any atom is -0.398 e. The fourth-order valence-electron chi connectivity index (χ4n) is 2.16. The Morgan fingerprint density at radius 1 is 1.24 bits per heavy atom. The highest BCUT2D eigenvalue weighted by atomic mass is 32.2. The molecule has 1 aromatic carbocycles. The number of rotatable bonds is 4. The number of aryl methyl sites for hydroxylation is 3. The molecule has 21 heavy (non-hydrogen) atoms. The largest absolute Gasteiger partial charge is 0.398 e. The molecule has 0 unspecified atom stereocenters. The van der Waals surface area contributed by atoms with Crippen LogP contribution in [0.25, 0.3) is 0 Å². The molecule has 0 spiro atoms. The maximum Gasteiger partial charge on any atom is 0.243 e. The van der Waals surface area contributed by atoms with E-state index in [2.05, 4.69) is 9.88 Å². The Morgan fingerprint density at radius 3 is 2.48 bits per heavy atom. The predicted molar refractivity (Wildman–Crippen MR) is 80.3 cm³/mol. The Balaban J connectivity index is 2.34. The lowest BCUT2D eigenvalue weighted by Crippen LogP contribution is -2.25. The SMILES string of the molecule is Cc1ccc(N)c(S(=O)(=O)NCc2c(C)noc2C)c1C. The number of aromatic nitrogens is 1. The van der Waals surface area contributed by atoms with Crippen molar-refractivity contribution >= 4 is 15.7 Å². The van der Waals surface area contributed by atoms with Gasteiger partial charge < -0.3 is 10.3 Å². The Labute approximate surface area is 124 Å². The summed E-state index contributed by atoms with van der Waals surface area (Å²) in [6.07, 6.45) is 0. The van der Waals surface area contributed by atoms with E-state index >= 15 is 0 Å². The molecule has 0 aliphatic carbocycles. The summed E-state index contributed by atoms with van der Waals surface area (Å²) in [4.78, 5) is 0.134. The van der Waals surface area contributed by atoms with Gasteiger partial charge in [-0.25, -0.2) is 13.1 Å². The molecule has 2 rings (SSSR count).